The summed E-state index contributed by atoms with van der Waals surface area (Å²) >= 11 is 0. The highest BCUT2D eigenvalue weighted by atomic mass is 32.2. The highest BCUT2D eigenvalue weighted by molar-refractivity contribution is 7.89. The zero-order chi connectivity index (χ0) is 15.6. The lowest BCUT2D eigenvalue weighted by atomic mass is 10.1. The van der Waals surface area contributed by atoms with E-state index in [4.69, 9.17) is 0 Å². The predicted octanol–water partition coefficient (Wildman–Crippen LogP) is 1.40. The number of carboxylic acids is 1. The molecule has 0 aromatic heterocycles. The van der Waals surface area contributed by atoms with Gasteiger partial charge in [-0.1, -0.05) is 12.2 Å². The fourth-order valence-electron chi connectivity index (χ4n) is 2.19. The van der Waals surface area contributed by atoms with Crippen LogP contribution in [-0.2, 0) is 10.0 Å². The molecule has 1 aliphatic rings. The molecule has 1 aromatic carbocycles. The average Bonchev–Trinajstić information content (AvgIpc) is 2.47. The number of sulfonamides is 1. The largest absolute Gasteiger partial charge is 0.478 e. The molecule has 2 rings (SSSR count). The van der Waals surface area contributed by atoms with Crippen molar-refractivity contribution in [1.29, 1.82) is 0 Å². The quantitative estimate of drug-likeness (QED) is 0.851. The standard InChI is InChI=1S/C14H18N2O4S/c1-15(2)21(19,20)11-6-7-13(12(10-11)14(17)18)16-8-4-3-5-9-16/h3-4,6-7,10H,5,8-9H2,1-2H3,(H,17,18). The van der Waals surface area contributed by atoms with Crippen molar-refractivity contribution in [1.82, 2.24) is 4.31 Å². The third-order valence-electron chi connectivity index (χ3n) is 3.38. The second-order valence-electron chi connectivity index (χ2n) is 4.98. The fourth-order valence-corrected chi connectivity index (χ4v) is 3.12. The van der Waals surface area contributed by atoms with E-state index in [0.29, 0.717) is 12.2 Å². The molecular formula is C14H18N2O4S. The first kappa shape index (κ1) is 15.5. The van der Waals surface area contributed by atoms with Gasteiger partial charge in [0.05, 0.1) is 16.1 Å². The first-order valence-electron chi connectivity index (χ1n) is 6.54. The summed E-state index contributed by atoms with van der Waals surface area (Å²) in [5, 5.41) is 9.37. The van der Waals surface area contributed by atoms with E-state index in [2.05, 4.69) is 0 Å². The van der Waals surface area contributed by atoms with Crippen molar-refractivity contribution in [3.05, 3.63) is 35.9 Å². The van der Waals surface area contributed by atoms with E-state index in [-0.39, 0.29) is 10.5 Å². The Morgan fingerprint density at radius 1 is 1.29 bits per heavy atom. The maximum atomic E-state index is 12.1. The third kappa shape index (κ3) is 3.08. The Bertz CT molecular complexity index is 680. The molecule has 0 saturated heterocycles. The van der Waals surface area contributed by atoms with E-state index in [1.165, 1.54) is 26.2 Å². The molecule has 1 N–H and O–H groups in total. The molecule has 7 heteroatoms. The van der Waals surface area contributed by atoms with Crippen molar-refractivity contribution in [3.63, 3.8) is 0 Å². The molecule has 1 aromatic rings. The number of carboxylic acid groups (broad SMARTS) is 1. The topological polar surface area (TPSA) is 77.9 Å². The van der Waals surface area contributed by atoms with Crippen molar-refractivity contribution in [2.75, 3.05) is 32.1 Å². The molecule has 0 unspecified atom stereocenters. The summed E-state index contributed by atoms with van der Waals surface area (Å²) in [6.45, 7) is 1.34. The summed E-state index contributed by atoms with van der Waals surface area (Å²) in [4.78, 5) is 13.4. The molecule has 0 radical (unpaired) electrons. The van der Waals surface area contributed by atoms with Gasteiger partial charge in [-0.05, 0) is 24.6 Å². The molecule has 1 aliphatic heterocycles. The van der Waals surface area contributed by atoms with Crippen LogP contribution in [0.25, 0.3) is 0 Å². The number of carbonyl (C=O) groups is 1. The number of benzene rings is 1. The zero-order valence-corrected chi connectivity index (χ0v) is 12.8. The zero-order valence-electron chi connectivity index (χ0n) is 12.0. The minimum atomic E-state index is -3.64. The van der Waals surface area contributed by atoms with Gasteiger partial charge in [-0.2, -0.15) is 0 Å². The maximum absolute atomic E-state index is 12.1. The van der Waals surface area contributed by atoms with Crippen molar-refractivity contribution >= 4 is 21.7 Å². The first-order valence-corrected chi connectivity index (χ1v) is 7.98. The molecule has 0 aliphatic carbocycles. The monoisotopic (exact) mass is 310 g/mol. The Balaban J connectivity index is 2.50. The van der Waals surface area contributed by atoms with Gasteiger partial charge in [-0.3, -0.25) is 0 Å². The van der Waals surface area contributed by atoms with Gasteiger partial charge in [0, 0.05) is 27.2 Å². The van der Waals surface area contributed by atoms with Crippen molar-refractivity contribution in [2.24, 2.45) is 0 Å². The Morgan fingerprint density at radius 2 is 2.00 bits per heavy atom. The lowest BCUT2D eigenvalue weighted by molar-refractivity contribution is 0.0697. The van der Waals surface area contributed by atoms with E-state index in [1.807, 2.05) is 17.1 Å². The summed E-state index contributed by atoms with van der Waals surface area (Å²) in [6.07, 6.45) is 4.86. The van der Waals surface area contributed by atoms with Gasteiger partial charge in [-0.25, -0.2) is 17.5 Å². The maximum Gasteiger partial charge on any atom is 0.337 e. The van der Waals surface area contributed by atoms with E-state index >= 15 is 0 Å². The summed E-state index contributed by atoms with van der Waals surface area (Å²) in [7, 11) is -0.811. The van der Waals surface area contributed by atoms with Gasteiger partial charge in [0.2, 0.25) is 10.0 Å². The Morgan fingerprint density at radius 3 is 2.52 bits per heavy atom. The van der Waals surface area contributed by atoms with Gasteiger partial charge in [0.1, 0.15) is 0 Å². The van der Waals surface area contributed by atoms with Crippen molar-refractivity contribution in [3.8, 4) is 0 Å². The van der Waals surface area contributed by atoms with Crippen LogP contribution in [-0.4, -0.2) is 51.0 Å². The molecule has 1 heterocycles. The molecule has 0 atom stereocenters. The summed E-state index contributed by atoms with van der Waals surface area (Å²) in [6, 6.07) is 4.25. The number of anilines is 1. The number of rotatable bonds is 4. The lowest BCUT2D eigenvalue weighted by Gasteiger charge is -2.27. The molecule has 0 amide bonds. The Kier molecular flexibility index (Phi) is 4.34. The minimum Gasteiger partial charge on any atom is -0.478 e. The van der Waals surface area contributed by atoms with Crippen LogP contribution in [0.5, 0.6) is 0 Å². The minimum absolute atomic E-state index is 0.00762. The SMILES string of the molecule is CN(C)S(=O)(=O)c1ccc(N2CC=CCC2)c(C(=O)O)c1. The number of nitrogens with zero attached hydrogens (tertiary/aromatic N) is 2. The molecule has 0 saturated carbocycles. The van der Waals surface area contributed by atoms with Gasteiger partial charge < -0.3 is 10.0 Å². The number of hydrogen-bond donors (Lipinski definition) is 1. The van der Waals surface area contributed by atoms with Gasteiger partial charge in [0.15, 0.2) is 0 Å². The lowest BCUT2D eigenvalue weighted by Crippen LogP contribution is -2.29. The normalized spacial score (nSPS) is 15.5. The van der Waals surface area contributed by atoms with Gasteiger partial charge in [-0.15, -0.1) is 0 Å². The number of aromatic carboxylic acids is 1. The molecule has 6 nitrogen and oxygen atoms in total. The van der Waals surface area contributed by atoms with Crippen molar-refractivity contribution in [2.45, 2.75) is 11.3 Å². The van der Waals surface area contributed by atoms with E-state index in [0.717, 1.165) is 17.3 Å². The predicted molar refractivity (Wildman–Crippen MR) is 80.2 cm³/mol. The molecule has 114 valence electrons. The highest BCUT2D eigenvalue weighted by Gasteiger charge is 2.23. The van der Waals surface area contributed by atoms with E-state index in [1.54, 1.807) is 6.07 Å². The van der Waals surface area contributed by atoms with Crippen LogP contribution in [0.1, 0.15) is 16.8 Å². The average molecular weight is 310 g/mol. The van der Waals surface area contributed by atoms with Crippen LogP contribution >= 0.6 is 0 Å². The van der Waals surface area contributed by atoms with Crippen LogP contribution in [0.2, 0.25) is 0 Å². The molecule has 0 fully saturated rings. The summed E-state index contributed by atoms with van der Waals surface area (Å²) < 4.78 is 25.3. The second-order valence-corrected chi connectivity index (χ2v) is 7.13. The summed E-state index contributed by atoms with van der Waals surface area (Å²) in [5.41, 5.74) is 0.554. The molecule has 0 bridgehead atoms. The van der Waals surface area contributed by atoms with E-state index in [9.17, 15) is 18.3 Å². The van der Waals surface area contributed by atoms with Gasteiger partial charge in [0.25, 0.3) is 0 Å². The smallest absolute Gasteiger partial charge is 0.337 e. The van der Waals surface area contributed by atoms with E-state index < -0.39 is 16.0 Å². The Hall–Kier alpha value is -1.86. The van der Waals surface area contributed by atoms with Crippen LogP contribution in [0, 0.1) is 0 Å². The Labute approximate surface area is 124 Å². The second kappa shape index (κ2) is 5.87. The molecule has 0 spiro atoms. The van der Waals surface area contributed by atoms with Crippen LogP contribution in [0.15, 0.2) is 35.2 Å². The fraction of sp³-hybridized carbons (Fsp3) is 0.357. The van der Waals surface area contributed by atoms with Crippen LogP contribution in [0.3, 0.4) is 0 Å². The third-order valence-corrected chi connectivity index (χ3v) is 5.19. The van der Waals surface area contributed by atoms with Gasteiger partial charge >= 0.3 is 5.97 Å². The highest BCUT2D eigenvalue weighted by Crippen LogP contribution is 2.26. The van der Waals surface area contributed by atoms with Crippen LogP contribution < -0.4 is 4.90 Å². The first-order chi connectivity index (χ1) is 9.84. The van der Waals surface area contributed by atoms with Crippen molar-refractivity contribution < 1.29 is 18.3 Å². The molecule has 21 heavy (non-hydrogen) atoms. The van der Waals surface area contributed by atoms with Crippen LogP contribution in [0.4, 0.5) is 5.69 Å². The molecular weight excluding hydrogens is 292 g/mol. The summed E-state index contributed by atoms with van der Waals surface area (Å²) in [5.74, 6) is -1.13. The number of hydrogen-bond acceptors (Lipinski definition) is 4.